The minimum Gasteiger partial charge on any atom is -0.337 e. The predicted octanol–water partition coefficient (Wildman–Crippen LogP) is 3.13. The molecule has 1 aliphatic heterocycles. The van der Waals surface area contributed by atoms with Gasteiger partial charge in [0.25, 0.3) is 0 Å². The highest BCUT2D eigenvalue weighted by Gasteiger charge is 2.21. The lowest BCUT2D eigenvalue weighted by atomic mass is 10.1. The molecule has 104 valence electrons. The molecule has 0 bridgehead atoms. The van der Waals surface area contributed by atoms with E-state index in [1.165, 1.54) is 22.2 Å². The zero-order chi connectivity index (χ0) is 13.9. The lowest BCUT2D eigenvalue weighted by molar-refractivity contribution is -0.129. The van der Waals surface area contributed by atoms with E-state index in [1.807, 2.05) is 30.2 Å². The van der Waals surface area contributed by atoms with E-state index in [-0.39, 0.29) is 5.91 Å². The van der Waals surface area contributed by atoms with Crippen molar-refractivity contribution >= 4 is 29.0 Å². The molecule has 5 heteroatoms. The number of hydrogen-bond acceptors (Lipinski definition) is 4. The number of carbonyl (C=O) groups is 1. The molecule has 0 spiro atoms. The van der Waals surface area contributed by atoms with Crippen LogP contribution in [-0.2, 0) is 17.8 Å². The summed E-state index contributed by atoms with van der Waals surface area (Å²) in [5.41, 5.74) is 2.45. The van der Waals surface area contributed by atoms with E-state index in [9.17, 15) is 4.79 Å². The van der Waals surface area contributed by atoms with E-state index in [1.54, 1.807) is 11.3 Å². The van der Waals surface area contributed by atoms with Gasteiger partial charge in [0.1, 0.15) is 0 Å². The van der Waals surface area contributed by atoms with Crippen LogP contribution in [0.5, 0.6) is 0 Å². The quantitative estimate of drug-likeness (QED) is 0.817. The summed E-state index contributed by atoms with van der Waals surface area (Å²) in [5, 5.41) is 3.03. The second-order valence-electron chi connectivity index (χ2n) is 4.90. The van der Waals surface area contributed by atoms with Gasteiger partial charge in [-0.25, -0.2) is 4.98 Å². The Morgan fingerprint density at radius 1 is 1.45 bits per heavy atom. The van der Waals surface area contributed by atoms with Gasteiger partial charge in [0.15, 0.2) is 0 Å². The number of fused-ring (bicyclic) bond motifs is 1. The van der Waals surface area contributed by atoms with Crippen molar-refractivity contribution in [2.45, 2.75) is 24.9 Å². The number of nitrogens with zero attached hydrogens (tertiary/aromatic N) is 2. The van der Waals surface area contributed by atoms with Crippen molar-refractivity contribution in [3.63, 3.8) is 0 Å². The van der Waals surface area contributed by atoms with E-state index < -0.39 is 0 Å². The number of thioether (sulfide) groups is 1. The minimum atomic E-state index is 0.203. The molecule has 0 aliphatic carbocycles. The molecule has 0 N–H and O–H groups in total. The van der Waals surface area contributed by atoms with Gasteiger partial charge in [-0.1, -0.05) is 17.8 Å². The molecule has 0 saturated carbocycles. The Hall–Kier alpha value is -1.33. The summed E-state index contributed by atoms with van der Waals surface area (Å²) in [6.45, 7) is 3.62. The van der Waals surface area contributed by atoms with Crippen molar-refractivity contribution in [2.24, 2.45) is 0 Å². The number of rotatable bonds is 3. The Kier molecular flexibility index (Phi) is 4.08. The molecule has 0 fully saturated rings. The van der Waals surface area contributed by atoms with E-state index in [0.717, 1.165) is 30.1 Å². The zero-order valence-electron chi connectivity index (χ0n) is 11.3. The first-order chi connectivity index (χ1) is 9.72. The SMILES string of the molecule is Cc1ccc(SCC(=O)N2CCc3sccc3C2)nc1. The van der Waals surface area contributed by atoms with Crippen LogP contribution in [0.2, 0.25) is 0 Å². The van der Waals surface area contributed by atoms with Crippen LogP contribution in [0.3, 0.4) is 0 Å². The summed E-state index contributed by atoms with van der Waals surface area (Å²) in [5.74, 6) is 0.671. The van der Waals surface area contributed by atoms with Crippen LogP contribution >= 0.6 is 23.1 Å². The van der Waals surface area contributed by atoms with Crippen LogP contribution in [0.25, 0.3) is 0 Å². The first-order valence-corrected chi connectivity index (χ1v) is 8.47. The van der Waals surface area contributed by atoms with Crippen molar-refractivity contribution in [3.05, 3.63) is 45.8 Å². The first kappa shape index (κ1) is 13.6. The lowest BCUT2D eigenvalue weighted by Gasteiger charge is -2.26. The predicted molar refractivity (Wildman–Crippen MR) is 83.1 cm³/mol. The fourth-order valence-corrected chi connectivity index (χ4v) is 3.86. The van der Waals surface area contributed by atoms with Gasteiger partial charge in [-0.05, 0) is 42.0 Å². The number of aryl methyl sites for hydroxylation is 1. The Balaban J connectivity index is 1.56. The van der Waals surface area contributed by atoms with Crippen molar-refractivity contribution in [1.82, 2.24) is 9.88 Å². The summed E-state index contributed by atoms with van der Waals surface area (Å²) in [6.07, 6.45) is 2.83. The Morgan fingerprint density at radius 2 is 2.35 bits per heavy atom. The second kappa shape index (κ2) is 5.97. The molecule has 0 atom stereocenters. The fraction of sp³-hybridized carbons (Fsp3) is 0.333. The molecule has 0 aromatic carbocycles. The van der Waals surface area contributed by atoms with Gasteiger partial charge in [-0.15, -0.1) is 11.3 Å². The van der Waals surface area contributed by atoms with E-state index >= 15 is 0 Å². The van der Waals surface area contributed by atoms with Crippen LogP contribution in [0.1, 0.15) is 16.0 Å². The standard InChI is InChI=1S/C15H16N2OS2/c1-11-2-3-14(16-8-11)20-10-15(18)17-6-4-13-12(9-17)5-7-19-13/h2-3,5,7-8H,4,6,9-10H2,1H3. The largest absolute Gasteiger partial charge is 0.337 e. The summed E-state index contributed by atoms with van der Waals surface area (Å²) in [4.78, 5) is 20.0. The highest BCUT2D eigenvalue weighted by Crippen LogP contribution is 2.25. The van der Waals surface area contributed by atoms with Crippen molar-refractivity contribution in [1.29, 1.82) is 0 Å². The molecule has 0 unspecified atom stereocenters. The van der Waals surface area contributed by atoms with E-state index in [2.05, 4.69) is 16.4 Å². The molecule has 0 saturated heterocycles. The van der Waals surface area contributed by atoms with Gasteiger partial charge in [-0.2, -0.15) is 0 Å². The molecule has 2 aromatic rings. The highest BCUT2D eigenvalue weighted by atomic mass is 32.2. The van der Waals surface area contributed by atoms with Crippen LogP contribution in [-0.4, -0.2) is 28.1 Å². The Morgan fingerprint density at radius 3 is 3.15 bits per heavy atom. The smallest absolute Gasteiger partial charge is 0.233 e. The van der Waals surface area contributed by atoms with Crippen LogP contribution in [0.4, 0.5) is 0 Å². The number of hydrogen-bond donors (Lipinski definition) is 0. The topological polar surface area (TPSA) is 33.2 Å². The maximum atomic E-state index is 12.3. The van der Waals surface area contributed by atoms with Crippen LogP contribution in [0, 0.1) is 6.92 Å². The summed E-state index contributed by atoms with van der Waals surface area (Å²) in [6, 6.07) is 6.13. The number of amides is 1. The van der Waals surface area contributed by atoms with Gasteiger partial charge in [0, 0.05) is 24.2 Å². The number of thiophene rings is 1. The van der Waals surface area contributed by atoms with Crippen LogP contribution < -0.4 is 0 Å². The van der Waals surface area contributed by atoms with E-state index in [0.29, 0.717) is 5.75 Å². The lowest BCUT2D eigenvalue weighted by Crippen LogP contribution is -2.36. The molecule has 3 heterocycles. The van der Waals surface area contributed by atoms with Crippen molar-refractivity contribution in [2.75, 3.05) is 12.3 Å². The minimum absolute atomic E-state index is 0.203. The molecule has 1 amide bonds. The van der Waals surface area contributed by atoms with Gasteiger partial charge in [-0.3, -0.25) is 4.79 Å². The third-order valence-electron chi connectivity index (χ3n) is 3.39. The monoisotopic (exact) mass is 304 g/mol. The Labute approximate surface area is 127 Å². The van der Waals surface area contributed by atoms with E-state index in [4.69, 9.17) is 0 Å². The first-order valence-electron chi connectivity index (χ1n) is 6.61. The molecule has 3 rings (SSSR count). The average Bonchev–Trinajstić information content (AvgIpc) is 2.93. The van der Waals surface area contributed by atoms with Crippen molar-refractivity contribution < 1.29 is 4.79 Å². The fourth-order valence-electron chi connectivity index (χ4n) is 2.23. The van der Waals surface area contributed by atoms with Gasteiger partial charge in [0.2, 0.25) is 5.91 Å². The zero-order valence-corrected chi connectivity index (χ0v) is 13.0. The highest BCUT2D eigenvalue weighted by molar-refractivity contribution is 7.99. The molecule has 0 radical (unpaired) electrons. The normalized spacial score (nSPS) is 14.2. The van der Waals surface area contributed by atoms with Crippen molar-refractivity contribution in [3.8, 4) is 0 Å². The van der Waals surface area contributed by atoms with Crippen LogP contribution in [0.15, 0.2) is 34.8 Å². The molecular weight excluding hydrogens is 288 g/mol. The number of aromatic nitrogens is 1. The maximum Gasteiger partial charge on any atom is 0.233 e. The number of carbonyl (C=O) groups excluding carboxylic acids is 1. The maximum absolute atomic E-state index is 12.3. The molecule has 2 aromatic heterocycles. The third kappa shape index (κ3) is 3.04. The van der Waals surface area contributed by atoms with Gasteiger partial charge >= 0.3 is 0 Å². The molecule has 3 nitrogen and oxygen atoms in total. The third-order valence-corrected chi connectivity index (χ3v) is 5.34. The summed E-state index contributed by atoms with van der Waals surface area (Å²) < 4.78 is 0. The Bertz CT molecular complexity index is 607. The van der Waals surface area contributed by atoms with Gasteiger partial charge < -0.3 is 4.90 Å². The summed E-state index contributed by atoms with van der Waals surface area (Å²) in [7, 11) is 0. The molecule has 20 heavy (non-hydrogen) atoms. The average molecular weight is 304 g/mol. The van der Waals surface area contributed by atoms with Gasteiger partial charge in [0.05, 0.1) is 10.8 Å². The summed E-state index contributed by atoms with van der Waals surface area (Å²) >= 11 is 3.31. The molecule has 1 aliphatic rings. The molecular formula is C15H16N2OS2. The number of pyridine rings is 1. The second-order valence-corrected chi connectivity index (χ2v) is 6.89.